The van der Waals surface area contributed by atoms with Crippen LogP contribution in [0.3, 0.4) is 0 Å². The third-order valence-electron chi connectivity index (χ3n) is 7.20. The third kappa shape index (κ3) is 5.20. The molecule has 3 atom stereocenters. The monoisotopic (exact) mass is 564 g/mol. The Labute approximate surface area is 225 Å². The fourth-order valence-electron chi connectivity index (χ4n) is 4.92. The lowest BCUT2D eigenvalue weighted by atomic mass is 10.0. The van der Waals surface area contributed by atoms with Crippen molar-refractivity contribution in [3.8, 4) is 22.6 Å². The van der Waals surface area contributed by atoms with E-state index in [1.54, 1.807) is 0 Å². The molecule has 3 aromatic rings. The van der Waals surface area contributed by atoms with Gasteiger partial charge in [0.1, 0.15) is 5.82 Å². The number of hydrogen-bond donors (Lipinski definition) is 2. The summed E-state index contributed by atoms with van der Waals surface area (Å²) in [5.41, 5.74) is -2.67. The van der Waals surface area contributed by atoms with Crippen LogP contribution in [0.15, 0.2) is 47.4 Å². The van der Waals surface area contributed by atoms with E-state index in [-0.39, 0.29) is 46.1 Å². The molecule has 3 heterocycles. The molecule has 1 unspecified atom stereocenters. The van der Waals surface area contributed by atoms with Crippen LogP contribution in [0.4, 0.5) is 33.3 Å². The molecule has 0 radical (unpaired) electrons. The first-order valence-corrected chi connectivity index (χ1v) is 12.4. The number of benzene rings is 2. The molecule has 0 bridgehead atoms. The first-order chi connectivity index (χ1) is 18.8. The van der Waals surface area contributed by atoms with Crippen LogP contribution >= 0.6 is 0 Å². The number of nitrogens with one attached hydrogen (secondary N) is 2. The Hall–Kier alpha value is -4.13. The summed E-state index contributed by atoms with van der Waals surface area (Å²) < 4.78 is 79.9. The highest BCUT2D eigenvalue weighted by Crippen LogP contribution is 2.41. The number of piperazine rings is 1. The molecule has 2 N–H and O–H groups in total. The number of aromatic nitrogens is 1. The van der Waals surface area contributed by atoms with Crippen molar-refractivity contribution >= 4 is 17.3 Å². The summed E-state index contributed by atoms with van der Waals surface area (Å²) in [5.74, 6) is -1.66. The number of anilines is 2. The fourth-order valence-corrected chi connectivity index (χ4v) is 4.92. The van der Waals surface area contributed by atoms with Gasteiger partial charge in [0.15, 0.2) is 11.5 Å². The maximum absolute atomic E-state index is 15.6. The van der Waals surface area contributed by atoms with Gasteiger partial charge in [-0.2, -0.15) is 17.6 Å². The van der Waals surface area contributed by atoms with Crippen molar-refractivity contribution in [2.24, 2.45) is 0 Å². The SMILES string of the molecule is C[C@@H]1CN(c2cc(F)c(-c3ccc4c(c3)OC(F)O4)cc2NC(=O)c2c[nH]c(=O)cc2C(F)(F)F)C[C@H](C)N1C. The molecular formula is C27H25F5N4O4. The van der Waals surface area contributed by atoms with E-state index in [9.17, 15) is 27.2 Å². The van der Waals surface area contributed by atoms with Crippen LogP contribution in [0.1, 0.15) is 29.8 Å². The zero-order valence-electron chi connectivity index (χ0n) is 21.6. The number of nitrogens with zero attached hydrogens (tertiary/aromatic N) is 2. The van der Waals surface area contributed by atoms with Crippen molar-refractivity contribution in [1.29, 1.82) is 0 Å². The summed E-state index contributed by atoms with van der Waals surface area (Å²) >= 11 is 0. The lowest BCUT2D eigenvalue weighted by molar-refractivity contribution is -0.138. The topological polar surface area (TPSA) is 86.9 Å². The number of carbonyl (C=O) groups is 1. The Morgan fingerprint density at radius 1 is 1.05 bits per heavy atom. The van der Waals surface area contributed by atoms with Gasteiger partial charge >= 0.3 is 12.7 Å². The lowest BCUT2D eigenvalue weighted by Crippen LogP contribution is -2.55. The highest BCUT2D eigenvalue weighted by atomic mass is 19.4. The van der Waals surface area contributed by atoms with Crippen LogP contribution in [0.2, 0.25) is 0 Å². The van der Waals surface area contributed by atoms with Gasteiger partial charge in [0, 0.05) is 43.0 Å². The quantitative estimate of drug-likeness (QED) is 0.434. The zero-order chi connectivity index (χ0) is 28.9. The van der Waals surface area contributed by atoms with Crippen molar-refractivity contribution in [2.45, 2.75) is 38.7 Å². The first-order valence-electron chi connectivity index (χ1n) is 12.4. The van der Waals surface area contributed by atoms with E-state index in [1.165, 1.54) is 30.3 Å². The molecule has 2 aliphatic heterocycles. The van der Waals surface area contributed by atoms with Gasteiger partial charge in [0.05, 0.1) is 22.5 Å². The molecule has 1 fully saturated rings. The highest BCUT2D eigenvalue weighted by Gasteiger charge is 2.36. The summed E-state index contributed by atoms with van der Waals surface area (Å²) in [6, 6.07) is 7.14. The first kappa shape index (κ1) is 27.4. The molecule has 2 aliphatic rings. The van der Waals surface area contributed by atoms with E-state index in [4.69, 9.17) is 9.47 Å². The summed E-state index contributed by atoms with van der Waals surface area (Å²) in [6.07, 6.45) is -4.28. The number of halogens is 5. The number of amides is 1. The van der Waals surface area contributed by atoms with Crippen LogP contribution in [0, 0.1) is 5.82 Å². The Kier molecular flexibility index (Phi) is 6.94. The number of ether oxygens (including phenoxy) is 2. The minimum Gasteiger partial charge on any atom is -0.425 e. The number of carbonyl (C=O) groups excluding carboxylic acids is 1. The Bertz CT molecular complexity index is 1510. The van der Waals surface area contributed by atoms with Crippen LogP contribution in [0.5, 0.6) is 11.5 Å². The Morgan fingerprint density at radius 3 is 2.40 bits per heavy atom. The molecule has 13 heteroatoms. The molecule has 212 valence electrons. The molecular weight excluding hydrogens is 539 g/mol. The summed E-state index contributed by atoms with van der Waals surface area (Å²) in [5, 5.41) is 2.49. The van der Waals surface area contributed by atoms with Crippen LogP contribution < -0.4 is 25.2 Å². The highest BCUT2D eigenvalue weighted by molar-refractivity contribution is 6.07. The largest absolute Gasteiger partial charge is 0.425 e. The van der Waals surface area contributed by atoms with Crippen molar-refractivity contribution < 1.29 is 36.2 Å². The number of likely N-dealkylation sites (N-methyl/N-ethyl adjacent to an activating group) is 1. The van der Waals surface area contributed by atoms with Gasteiger partial charge in [0.25, 0.3) is 5.91 Å². The van der Waals surface area contributed by atoms with Gasteiger partial charge in [-0.25, -0.2) is 4.39 Å². The number of hydrogen-bond acceptors (Lipinski definition) is 6. The van der Waals surface area contributed by atoms with Gasteiger partial charge in [-0.1, -0.05) is 6.07 Å². The summed E-state index contributed by atoms with van der Waals surface area (Å²) in [6.45, 7) is 2.86. The molecule has 0 spiro atoms. The van der Waals surface area contributed by atoms with Gasteiger partial charge < -0.3 is 24.7 Å². The smallest absolute Gasteiger partial charge is 0.417 e. The molecule has 1 amide bonds. The predicted molar refractivity (Wildman–Crippen MR) is 137 cm³/mol. The number of pyridine rings is 1. The van der Waals surface area contributed by atoms with Crippen LogP contribution in [-0.4, -0.2) is 54.6 Å². The number of H-pyrrole nitrogens is 1. The predicted octanol–water partition coefficient (Wildman–Crippen LogP) is 5.01. The van der Waals surface area contributed by atoms with Crippen molar-refractivity contribution in [3.63, 3.8) is 0 Å². The molecule has 0 aliphatic carbocycles. The molecule has 1 saturated heterocycles. The normalized spacial score (nSPS) is 21.0. The van der Waals surface area contributed by atoms with Crippen LogP contribution in [0.25, 0.3) is 11.1 Å². The van der Waals surface area contributed by atoms with E-state index in [0.29, 0.717) is 25.4 Å². The maximum Gasteiger partial charge on any atom is 0.417 e. The second kappa shape index (κ2) is 10.1. The van der Waals surface area contributed by atoms with Crippen LogP contribution in [-0.2, 0) is 6.18 Å². The number of rotatable bonds is 4. The van der Waals surface area contributed by atoms with E-state index in [2.05, 4.69) is 15.2 Å². The second-order valence-electron chi connectivity index (χ2n) is 9.87. The second-order valence-corrected chi connectivity index (χ2v) is 9.87. The standard InChI is InChI=1S/C27H25F5N4O4/c1-13-11-36(12-14(2)35(13)3)21-9-19(28)16(15-4-5-22-23(6-15)40-26(29)39-22)7-20(21)34-25(38)17-10-33-24(37)8-18(17)27(30,31)32/h4-10,13-14,26H,11-12H2,1-3H3,(H,33,37)(H,34,38)/t13-,14+,26?. The molecule has 40 heavy (non-hydrogen) atoms. The van der Waals surface area contributed by atoms with E-state index in [0.717, 1.165) is 0 Å². The molecule has 8 nitrogen and oxygen atoms in total. The summed E-state index contributed by atoms with van der Waals surface area (Å²) in [7, 11) is 1.95. The number of aromatic amines is 1. The fraction of sp³-hybridized carbons (Fsp3) is 0.333. The molecule has 1 aromatic heterocycles. The van der Waals surface area contributed by atoms with E-state index < -0.39 is 41.1 Å². The van der Waals surface area contributed by atoms with Crippen molar-refractivity contribution in [1.82, 2.24) is 9.88 Å². The van der Waals surface area contributed by atoms with E-state index in [1.807, 2.05) is 25.8 Å². The van der Waals surface area contributed by atoms with Gasteiger partial charge in [0.2, 0.25) is 5.56 Å². The molecule has 5 rings (SSSR count). The zero-order valence-corrected chi connectivity index (χ0v) is 21.6. The van der Waals surface area contributed by atoms with Gasteiger partial charge in [-0.3, -0.25) is 14.5 Å². The minimum atomic E-state index is -4.97. The van der Waals surface area contributed by atoms with Crippen molar-refractivity contribution in [3.05, 3.63) is 69.9 Å². The summed E-state index contributed by atoms with van der Waals surface area (Å²) in [4.78, 5) is 30.9. The number of fused-ring (bicyclic) bond motifs is 1. The average Bonchev–Trinajstić information content (AvgIpc) is 3.26. The van der Waals surface area contributed by atoms with E-state index >= 15 is 4.39 Å². The third-order valence-corrected chi connectivity index (χ3v) is 7.20. The van der Waals surface area contributed by atoms with Gasteiger partial charge in [-0.05, 0) is 50.7 Å². The lowest BCUT2D eigenvalue weighted by Gasteiger charge is -2.44. The Balaban J connectivity index is 1.59. The maximum atomic E-state index is 15.6. The Morgan fingerprint density at radius 2 is 1.73 bits per heavy atom. The number of alkyl halides is 4. The average molecular weight is 565 g/mol. The molecule has 0 saturated carbocycles. The minimum absolute atomic E-state index is 0.0134. The molecule has 2 aromatic carbocycles. The van der Waals surface area contributed by atoms with Gasteiger partial charge in [-0.15, -0.1) is 0 Å². The van der Waals surface area contributed by atoms with Crippen molar-refractivity contribution in [2.75, 3.05) is 30.4 Å².